The first-order valence-electron chi connectivity index (χ1n) is 8.28. The summed E-state index contributed by atoms with van der Waals surface area (Å²) in [7, 11) is 0. The van der Waals surface area contributed by atoms with Crippen molar-refractivity contribution in [2.45, 2.75) is 64.1 Å². The number of halogens is 1. The molecule has 1 unspecified atom stereocenters. The summed E-state index contributed by atoms with van der Waals surface area (Å²) in [6, 6.07) is 3.67. The van der Waals surface area contributed by atoms with E-state index in [2.05, 4.69) is 29.0 Å². The van der Waals surface area contributed by atoms with Gasteiger partial charge in [0.15, 0.2) is 0 Å². The third kappa shape index (κ3) is 3.41. The van der Waals surface area contributed by atoms with Crippen LogP contribution in [0.2, 0.25) is 5.02 Å². The minimum Gasteiger partial charge on any atom is -0.312 e. The van der Waals surface area contributed by atoms with Crippen LogP contribution in [0.1, 0.15) is 56.8 Å². The Bertz CT molecular complexity index is 481. The number of hydrogen-bond donors (Lipinski definition) is 1. The van der Waals surface area contributed by atoms with Crippen LogP contribution < -0.4 is 5.32 Å². The lowest BCUT2D eigenvalue weighted by molar-refractivity contribution is 0.125. The second kappa shape index (κ2) is 6.64. The van der Waals surface area contributed by atoms with Crippen LogP contribution >= 0.6 is 11.6 Å². The van der Waals surface area contributed by atoms with E-state index in [0.29, 0.717) is 18.1 Å². The normalized spacial score (nSPS) is 24.3. The Morgan fingerprint density at radius 3 is 2.76 bits per heavy atom. The highest BCUT2D eigenvalue weighted by Crippen LogP contribution is 2.37. The molecule has 2 heterocycles. The lowest BCUT2D eigenvalue weighted by Crippen LogP contribution is -2.46. The molecule has 0 bridgehead atoms. The van der Waals surface area contributed by atoms with Crippen molar-refractivity contribution in [3.8, 4) is 0 Å². The summed E-state index contributed by atoms with van der Waals surface area (Å²) < 4.78 is 0. The minimum absolute atomic E-state index is 0.479. The molecule has 0 aromatic carbocycles. The van der Waals surface area contributed by atoms with Crippen LogP contribution in [-0.4, -0.2) is 35.1 Å². The van der Waals surface area contributed by atoms with E-state index < -0.39 is 0 Å². The average Bonchev–Trinajstić information content (AvgIpc) is 2.48. The first-order valence-corrected chi connectivity index (χ1v) is 8.66. The zero-order valence-corrected chi connectivity index (χ0v) is 13.9. The Kier molecular flexibility index (Phi) is 4.82. The number of nitrogens with zero attached hydrogens (tertiary/aromatic N) is 2. The molecule has 0 spiro atoms. The van der Waals surface area contributed by atoms with Gasteiger partial charge in [-0.05, 0) is 43.7 Å². The Morgan fingerprint density at radius 2 is 2.05 bits per heavy atom. The van der Waals surface area contributed by atoms with Crippen LogP contribution in [0, 0.1) is 0 Å². The van der Waals surface area contributed by atoms with Gasteiger partial charge in [0.2, 0.25) is 0 Å². The third-order valence-electron chi connectivity index (χ3n) is 4.79. The van der Waals surface area contributed by atoms with Crippen LogP contribution in [0.3, 0.4) is 0 Å². The van der Waals surface area contributed by atoms with Gasteiger partial charge in [0, 0.05) is 36.4 Å². The second-order valence-corrected chi connectivity index (χ2v) is 7.10. The fourth-order valence-electron chi connectivity index (χ4n) is 3.83. The van der Waals surface area contributed by atoms with Gasteiger partial charge in [-0.15, -0.1) is 0 Å². The highest BCUT2D eigenvalue weighted by Gasteiger charge is 2.31. The van der Waals surface area contributed by atoms with Gasteiger partial charge in [-0.1, -0.05) is 25.4 Å². The van der Waals surface area contributed by atoms with Gasteiger partial charge in [-0.25, -0.2) is 0 Å². The fraction of sp³-hybridized carbons (Fsp3) is 0.706. The SMILES string of the molecule is CC(C)NC1CCN(C2CCCc3c(Cl)ccnc32)CC1. The smallest absolute Gasteiger partial charge is 0.0622 e. The van der Waals surface area contributed by atoms with E-state index in [-0.39, 0.29) is 0 Å². The van der Waals surface area contributed by atoms with Gasteiger partial charge in [0.1, 0.15) is 0 Å². The molecule has 1 aromatic heterocycles. The predicted octanol–water partition coefficient (Wildman–Crippen LogP) is 3.57. The quantitative estimate of drug-likeness (QED) is 0.925. The molecule has 1 N–H and O–H groups in total. The number of piperidine rings is 1. The van der Waals surface area contributed by atoms with E-state index >= 15 is 0 Å². The largest absolute Gasteiger partial charge is 0.312 e. The van der Waals surface area contributed by atoms with Crippen LogP contribution in [0.5, 0.6) is 0 Å². The van der Waals surface area contributed by atoms with Crippen molar-refractivity contribution in [3.05, 3.63) is 28.5 Å². The molecule has 3 nitrogen and oxygen atoms in total. The zero-order valence-electron chi connectivity index (χ0n) is 13.1. The van der Waals surface area contributed by atoms with Crippen molar-refractivity contribution in [3.63, 3.8) is 0 Å². The molecule has 1 saturated heterocycles. The van der Waals surface area contributed by atoms with Gasteiger partial charge in [-0.2, -0.15) is 0 Å². The fourth-order valence-corrected chi connectivity index (χ4v) is 4.08. The molecule has 0 amide bonds. The van der Waals surface area contributed by atoms with Crippen LogP contribution in [0.25, 0.3) is 0 Å². The summed E-state index contributed by atoms with van der Waals surface area (Å²) in [6.45, 7) is 6.80. The number of likely N-dealkylation sites (tertiary alicyclic amines) is 1. The van der Waals surface area contributed by atoms with Crippen LogP contribution in [-0.2, 0) is 6.42 Å². The summed E-state index contributed by atoms with van der Waals surface area (Å²) in [4.78, 5) is 7.29. The maximum atomic E-state index is 6.36. The highest BCUT2D eigenvalue weighted by atomic mass is 35.5. The Morgan fingerprint density at radius 1 is 1.29 bits per heavy atom. The molecular formula is C17H26ClN3. The average molecular weight is 308 g/mol. The lowest BCUT2D eigenvalue weighted by atomic mass is 9.89. The summed E-state index contributed by atoms with van der Waals surface area (Å²) >= 11 is 6.36. The van der Waals surface area contributed by atoms with Crippen molar-refractivity contribution in [1.29, 1.82) is 0 Å². The number of hydrogen-bond acceptors (Lipinski definition) is 3. The molecule has 4 heteroatoms. The van der Waals surface area contributed by atoms with Crippen molar-refractivity contribution in [2.75, 3.05) is 13.1 Å². The van der Waals surface area contributed by atoms with Gasteiger partial charge in [0.25, 0.3) is 0 Å². The van der Waals surface area contributed by atoms with Gasteiger partial charge >= 0.3 is 0 Å². The summed E-state index contributed by atoms with van der Waals surface area (Å²) in [6.07, 6.45) is 7.89. The Balaban J connectivity index is 1.69. The summed E-state index contributed by atoms with van der Waals surface area (Å²) in [5, 5.41) is 4.57. The molecule has 1 aromatic rings. The van der Waals surface area contributed by atoms with Gasteiger partial charge < -0.3 is 5.32 Å². The first kappa shape index (κ1) is 15.3. The van der Waals surface area contributed by atoms with Crippen molar-refractivity contribution in [1.82, 2.24) is 15.2 Å². The Hall–Kier alpha value is -0.640. The first-order chi connectivity index (χ1) is 10.1. The second-order valence-electron chi connectivity index (χ2n) is 6.70. The molecule has 1 aliphatic heterocycles. The number of aromatic nitrogens is 1. The standard InChI is InChI=1S/C17H26ClN3/c1-12(2)20-13-7-10-21(11-8-13)16-5-3-4-14-15(18)6-9-19-17(14)16/h6,9,12-13,16,20H,3-5,7-8,10-11H2,1-2H3. The molecule has 1 fully saturated rings. The topological polar surface area (TPSA) is 28.2 Å². The summed E-state index contributed by atoms with van der Waals surface area (Å²) in [5.74, 6) is 0. The predicted molar refractivity (Wildman–Crippen MR) is 87.8 cm³/mol. The van der Waals surface area contributed by atoms with Gasteiger partial charge in [0.05, 0.1) is 11.7 Å². The van der Waals surface area contributed by atoms with E-state index in [9.17, 15) is 0 Å². The number of nitrogens with one attached hydrogen (secondary N) is 1. The molecule has 1 aliphatic carbocycles. The third-order valence-corrected chi connectivity index (χ3v) is 5.15. The molecule has 3 rings (SSSR count). The zero-order chi connectivity index (χ0) is 14.8. The molecule has 2 aliphatic rings. The number of rotatable bonds is 3. The number of fused-ring (bicyclic) bond motifs is 1. The van der Waals surface area contributed by atoms with Gasteiger partial charge in [-0.3, -0.25) is 9.88 Å². The summed E-state index contributed by atoms with van der Waals surface area (Å²) in [5.41, 5.74) is 2.53. The highest BCUT2D eigenvalue weighted by molar-refractivity contribution is 6.31. The van der Waals surface area contributed by atoms with E-state index in [1.54, 1.807) is 0 Å². The van der Waals surface area contributed by atoms with Crippen molar-refractivity contribution < 1.29 is 0 Å². The molecular weight excluding hydrogens is 282 g/mol. The van der Waals surface area contributed by atoms with Crippen LogP contribution in [0.4, 0.5) is 0 Å². The van der Waals surface area contributed by atoms with E-state index in [4.69, 9.17) is 11.6 Å². The molecule has 0 saturated carbocycles. The van der Waals surface area contributed by atoms with E-state index in [1.165, 1.54) is 50.0 Å². The molecule has 116 valence electrons. The lowest BCUT2D eigenvalue weighted by Gasteiger charge is -2.40. The maximum absolute atomic E-state index is 6.36. The van der Waals surface area contributed by atoms with Crippen molar-refractivity contribution >= 4 is 11.6 Å². The monoisotopic (exact) mass is 307 g/mol. The molecule has 1 atom stereocenters. The molecule has 21 heavy (non-hydrogen) atoms. The van der Waals surface area contributed by atoms with Crippen molar-refractivity contribution in [2.24, 2.45) is 0 Å². The van der Waals surface area contributed by atoms with E-state index in [0.717, 1.165) is 11.4 Å². The molecule has 0 radical (unpaired) electrons. The van der Waals surface area contributed by atoms with E-state index in [1.807, 2.05) is 12.3 Å². The van der Waals surface area contributed by atoms with Crippen LogP contribution in [0.15, 0.2) is 12.3 Å². The minimum atomic E-state index is 0.479. The maximum Gasteiger partial charge on any atom is 0.0622 e. The number of pyridine rings is 1. The Labute approximate surface area is 133 Å².